The fourth-order valence-electron chi connectivity index (χ4n) is 13.0. The van der Waals surface area contributed by atoms with Crippen LogP contribution in [0.15, 0.2) is 84.9 Å². The summed E-state index contributed by atoms with van der Waals surface area (Å²) in [4.78, 5) is 91.3. The Morgan fingerprint density at radius 3 is 1.09 bits per heavy atom. The normalized spacial score (nSPS) is 14.0. The Bertz CT molecular complexity index is 3180. The number of hydrogen-bond acceptors (Lipinski definition) is 22. The molecule has 0 spiro atoms. The van der Waals surface area contributed by atoms with Gasteiger partial charge in [0.25, 0.3) is 10.2 Å². The molecule has 0 bridgehead atoms. The summed E-state index contributed by atoms with van der Waals surface area (Å²) in [6.45, 7) is 11.1. The fourth-order valence-corrected chi connectivity index (χ4v) is 13.0. The van der Waals surface area contributed by atoms with Gasteiger partial charge in [0.2, 0.25) is 0 Å². The van der Waals surface area contributed by atoms with Crippen LogP contribution >= 0.6 is 0 Å². The highest BCUT2D eigenvalue weighted by Crippen LogP contribution is 2.42. The first-order valence-corrected chi connectivity index (χ1v) is 37.8. The summed E-state index contributed by atoms with van der Waals surface area (Å²) in [6, 6.07) is 29.3. The lowest BCUT2D eigenvalue weighted by molar-refractivity contribution is -0.767. The zero-order chi connectivity index (χ0) is 77.9. The van der Waals surface area contributed by atoms with Gasteiger partial charge in [0.05, 0.1) is 51.4 Å². The molecule has 0 saturated heterocycles. The van der Waals surface area contributed by atoms with Crippen molar-refractivity contribution in [2.75, 3.05) is 68.7 Å². The first kappa shape index (κ1) is 89.3. The van der Waals surface area contributed by atoms with Gasteiger partial charge in [0.1, 0.15) is 23.7 Å². The average molecular weight is 1480 g/mol. The summed E-state index contributed by atoms with van der Waals surface area (Å²) in [5.74, 6) is -3.80. The van der Waals surface area contributed by atoms with Gasteiger partial charge >= 0.3 is 36.3 Å². The van der Waals surface area contributed by atoms with Crippen LogP contribution in [0.25, 0.3) is 0 Å². The standard InChI is InChI=1S/C80H118N8O18/c1-13-15-17-19-21-23-25-27-29-31-45-79(57-81,65-41-43-69(97-9)71(53-65)99-11)47-35-49-85(7)61(5)63-37-33-39-67(51-63)101-77(73(89)83-55-59(3)105-87(93)94)103-75(91)76(92)104-78(74(90)84-56-60(4)106-88(95)96)102-68-40-34-38-64(52-68)62(6)86(8)50-36-48-80(58-82,66-42-44-70(98-10)72(54-66)100-12)46-32-30-28-26-24-22-20-18-16-14-2/h33-34,37-44,51-54,59-62,77-78H,13-32,35-36,45-50,55-56H2,1-12H3,(H,83,89)(H,84,90). The Balaban J connectivity index is 1.54. The molecule has 0 radical (unpaired) electrons. The fraction of sp³-hybridized carbons (Fsp3) is 0.625. The van der Waals surface area contributed by atoms with E-state index in [0.717, 1.165) is 62.5 Å². The Kier molecular flexibility index (Phi) is 41.1. The Morgan fingerprint density at radius 2 is 0.783 bits per heavy atom. The van der Waals surface area contributed by atoms with Crippen molar-refractivity contribution in [3.05, 3.63) is 127 Å². The molecule has 0 aliphatic rings. The van der Waals surface area contributed by atoms with Crippen LogP contribution in [-0.4, -0.2) is 137 Å². The predicted octanol–water partition coefficient (Wildman–Crippen LogP) is 15.4. The lowest BCUT2D eigenvalue weighted by atomic mass is 9.74. The van der Waals surface area contributed by atoms with E-state index in [1.807, 2.05) is 76.5 Å². The van der Waals surface area contributed by atoms with Gasteiger partial charge in [-0.25, -0.2) is 9.59 Å². The molecule has 2 N–H and O–H groups in total. The van der Waals surface area contributed by atoms with Crippen LogP contribution in [0.3, 0.4) is 0 Å². The summed E-state index contributed by atoms with van der Waals surface area (Å²) < 4.78 is 45.2. The van der Waals surface area contributed by atoms with Gasteiger partial charge < -0.3 is 58.2 Å². The van der Waals surface area contributed by atoms with Gasteiger partial charge in [-0.1, -0.05) is 179 Å². The number of benzene rings is 4. The number of carbonyl (C=O) groups is 4. The zero-order valence-electron chi connectivity index (χ0n) is 64.8. The Labute approximate surface area is 627 Å². The SMILES string of the molecule is CCCCCCCCCCCCC(C#N)(CCCN(C)C(C)c1cccc(OC(OC(=O)C(=O)OC(Oc2cccc(C(C)N(C)CCCC(C#N)(CCCCCCCCCCCC)c3ccc(OC)c(OC)c3)c2)C(=O)NCC(C)O[N+](=O)[O-])C(=O)NCC(C)O[N+](=O)[O-])c1)c1ccc(OC)c(OC)c1. The highest BCUT2D eigenvalue weighted by Gasteiger charge is 2.37. The number of methoxy groups -OCH3 is 4. The second kappa shape index (κ2) is 48.9. The molecular weight excluding hydrogens is 1360 g/mol. The van der Waals surface area contributed by atoms with Crippen molar-refractivity contribution in [3.63, 3.8) is 0 Å². The number of esters is 2. The van der Waals surface area contributed by atoms with Crippen LogP contribution in [0.2, 0.25) is 0 Å². The van der Waals surface area contributed by atoms with Crippen LogP contribution in [0, 0.1) is 42.9 Å². The number of hydrogen-bond donors (Lipinski definition) is 2. The molecule has 586 valence electrons. The van der Waals surface area contributed by atoms with E-state index in [9.17, 15) is 49.9 Å². The van der Waals surface area contributed by atoms with Gasteiger partial charge in [-0.2, -0.15) is 10.5 Å². The summed E-state index contributed by atoms with van der Waals surface area (Å²) in [7, 11) is 10.2. The molecule has 4 aromatic rings. The molecule has 8 unspecified atom stereocenters. The number of carbonyl (C=O) groups excluding carboxylic acids is 4. The van der Waals surface area contributed by atoms with E-state index < -0.39 is 82.6 Å². The van der Waals surface area contributed by atoms with Crippen molar-refractivity contribution < 1.29 is 76.9 Å². The van der Waals surface area contributed by atoms with Crippen LogP contribution in [-0.2, 0) is 49.2 Å². The Hall–Kier alpha value is -9.14. The minimum Gasteiger partial charge on any atom is -0.493 e. The third-order valence-electron chi connectivity index (χ3n) is 19.6. The van der Waals surface area contributed by atoms with Crippen LogP contribution in [0.5, 0.6) is 34.5 Å². The van der Waals surface area contributed by atoms with E-state index in [-0.39, 0.29) is 23.6 Å². The number of nitrogens with zero attached hydrogens (tertiary/aromatic N) is 6. The van der Waals surface area contributed by atoms with Crippen LogP contribution < -0.4 is 39.1 Å². The van der Waals surface area contributed by atoms with Gasteiger partial charge in [0, 0.05) is 25.2 Å². The third kappa shape index (κ3) is 30.7. The number of amides is 2. The molecule has 4 rings (SSSR count). The first-order chi connectivity index (χ1) is 51.0. The molecular formula is C80H118N8O18. The highest BCUT2D eigenvalue weighted by molar-refractivity contribution is 6.30. The van der Waals surface area contributed by atoms with E-state index in [1.165, 1.54) is 103 Å². The van der Waals surface area contributed by atoms with Crippen LogP contribution in [0.4, 0.5) is 0 Å². The lowest BCUT2D eigenvalue weighted by Crippen LogP contribution is -2.47. The molecule has 0 aliphatic carbocycles. The number of ether oxygens (including phenoxy) is 8. The maximum absolute atomic E-state index is 13.9. The van der Waals surface area contributed by atoms with E-state index in [2.05, 4.69) is 56.1 Å². The Morgan fingerprint density at radius 1 is 0.462 bits per heavy atom. The molecule has 106 heavy (non-hydrogen) atoms. The van der Waals surface area contributed by atoms with Crippen molar-refractivity contribution in [3.8, 4) is 46.6 Å². The maximum atomic E-state index is 13.9. The van der Waals surface area contributed by atoms with Crippen molar-refractivity contribution in [2.24, 2.45) is 0 Å². The average Bonchev–Trinajstić information content (AvgIpc) is 0.806. The zero-order valence-corrected chi connectivity index (χ0v) is 64.8. The van der Waals surface area contributed by atoms with Crippen molar-refractivity contribution in [1.29, 1.82) is 10.5 Å². The maximum Gasteiger partial charge on any atom is 0.421 e. The number of nitrogens with one attached hydrogen (secondary N) is 2. The lowest BCUT2D eigenvalue weighted by Gasteiger charge is -2.30. The molecule has 0 saturated carbocycles. The van der Waals surface area contributed by atoms with E-state index in [4.69, 9.17) is 37.9 Å². The number of unbranched alkanes of at least 4 members (excludes halogenated alkanes) is 18. The highest BCUT2D eigenvalue weighted by atomic mass is 17.0. The summed E-state index contributed by atoms with van der Waals surface area (Å²) in [6.07, 6.45) is 20.0. The third-order valence-corrected chi connectivity index (χ3v) is 19.6. The molecule has 2 amide bonds. The largest absolute Gasteiger partial charge is 0.493 e. The monoisotopic (exact) mass is 1480 g/mol. The molecule has 4 aromatic carbocycles. The van der Waals surface area contributed by atoms with Crippen molar-refractivity contribution in [2.45, 2.75) is 256 Å². The van der Waals surface area contributed by atoms with Gasteiger partial charge in [-0.15, -0.1) is 20.2 Å². The predicted molar refractivity (Wildman–Crippen MR) is 402 cm³/mol. The second-order valence-corrected chi connectivity index (χ2v) is 27.5. The molecule has 0 fully saturated rings. The number of rotatable bonds is 56. The van der Waals surface area contributed by atoms with Gasteiger partial charge in [-0.3, -0.25) is 19.4 Å². The molecule has 26 heteroatoms. The molecule has 0 heterocycles. The summed E-state index contributed by atoms with van der Waals surface area (Å²) in [5, 5.41) is 47.1. The first-order valence-electron chi connectivity index (χ1n) is 37.8. The number of nitriles is 2. The smallest absolute Gasteiger partial charge is 0.421 e. The minimum atomic E-state index is -2.26. The summed E-state index contributed by atoms with van der Waals surface area (Å²) in [5.41, 5.74) is 1.46. The molecule has 8 atom stereocenters. The molecule has 0 aromatic heterocycles. The van der Waals surface area contributed by atoms with Gasteiger partial charge in [0.15, 0.2) is 23.0 Å². The van der Waals surface area contributed by atoms with Crippen molar-refractivity contribution in [1.82, 2.24) is 20.4 Å². The van der Waals surface area contributed by atoms with Gasteiger partial charge in [-0.05, 0) is 164 Å². The topological polar surface area (TPSA) is 325 Å². The molecule has 26 nitrogen and oxygen atoms in total. The van der Waals surface area contributed by atoms with E-state index >= 15 is 0 Å². The molecule has 0 aliphatic heterocycles. The van der Waals surface area contributed by atoms with Crippen molar-refractivity contribution >= 4 is 23.8 Å². The minimum absolute atomic E-state index is 0.00187. The second-order valence-electron chi connectivity index (χ2n) is 27.5. The van der Waals surface area contributed by atoms with E-state index in [1.54, 1.807) is 52.7 Å². The summed E-state index contributed by atoms with van der Waals surface area (Å²) >= 11 is 0. The van der Waals surface area contributed by atoms with E-state index in [0.29, 0.717) is 85.7 Å². The quantitative estimate of drug-likeness (QED) is 0.0104. The van der Waals surface area contributed by atoms with Crippen LogP contribution in [0.1, 0.15) is 243 Å².